The van der Waals surface area contributed by atoms with E-state index in [1.807, 2.05) is 41.5 Å². The summed E-state index contributed by atoms with van der Waals surface area (Å²) in [6.45, 7) is 13.7. The molecule has 8 heteroatoms. The largest absolute Gasteiger partial charge is 0.507 e. The van der Waals surface area contributed by atoms with Crippen LogP contribution in [0.3, 0.4) is 0 Å². The van der Waals surface area contributed by atoms with Gasteiger partial charge >= 0.3 is 6.11 Å². The molecule has 0 saturated carbocycles. The molecule has 38 heavy (non-hydrogen) atoms. The molecule has 1 fully saturated rings. The molecule has 0 radical (unpaired) electrons. The van der Waals surface area contributed by atoms with Gasteiger partial charge in [-0.3, -0.25) is 0 Å². The molecule has 0 unspecified atom stereocenters. The number of aromatic hydroxyl groups is 1. The monoisotopic (exact) mass is 540 g/mol. The summed E-state index contributed by atoms with van der Waals surface area (Å²) in [4.78, 5) is 0. The second-order valence-corrected chi connectivity index (χ2v) is 12.2. The van der Waals surface area contributed by atoms with Crippen LogP contribution in [0, 0.1) is 17.6 Å². The van der Waals surface area contributed by atoms with E-state index in [1.54, 1.807) is 0 Å². The summed E-state index contributed by atoms with van der Waals surface area (Å²) in [7, 11) is 0. The number of hydrogen-bond acceptors (Lipinski definition) is 4. The molecular formula is C30H40F4O4. The van der Waals surface area contributed by atoms with Crippen LogP contribution in [0.25, 0.3) is 0 Å². The average Bonchev–Trinajstić information content (AvgIpc) is 2.78. The van der Waals surface area contributed by atoms with Gasteiger partial charge in [0.1, 0.15) is 28.7 Å². The number of alkyl halides is 2. The van der Waals surface area contributed by atoms with E-state index in [2.05, 4.69) is 6.92 Å². The number of benzene rings is 2. The van der Waals surface area contributed by atoms with Gasteiger partial charge in [0.2, 0.25) is 0 Å². The quantitative estimate of drug-likeness (QED) is 0.269. The molecule has 212 valence electrons. The molecule has 0 aromatic heterocycles. The molecule has 3 rings (SSSR count). The van der Waals surface area contributed by atoms with Crippen LogP contribution >= 0.6 is 0 Å². The molecule has 1 heterocycles. The first kappa shape index (κ1) is 30.2. The van der Waals surface area contributed by atoms with Crippen LogP contribution in [-0.2, 0) is 26.4 Å². The summed E-state index contributed by atoms with van der Waals surface area (Å²) < 4.78 is 76.7. The molecule has 0 atom stereocenters. The summed E-state index contributed by atoms with van der Waals surface area (Å²) in [5.74, 6) is -3.08. The van der Waals surface area contributed by atoms with Gasteiger partial charge in [-0.2, -0.15) is 8.78 Å². The van der Waals surface area contributed by atoms with Gasteiger partial charge in [0.05, 0.1) is 13.2 Å². The number of halogens is 4. The Morgan fingerprint density at radius 2 is 1.37 bits per heavy atom. The average molecular weight is 541 g/mol. The Balaban J connectivity index is 1.86. The maximum Gasteiger partial charge on any atom is 0.432 e. The molecular weight excluding hydrogens is 500 g/mol. The van der Waals surface area contributed by atoms with Crippen molar-refractivity contribution in [2.75, 3.05) is 13.2 Å². The van der Waals surface area contributed by atoms with Crippen LogP contribution in [0.2, 0.25) is 0 Å². The van der Waals surface area contributed by atoms with Crippen molar-refractivity contribution in [1.82, 2.24) is 0 Å². The summed E-state index contributed by atoms with van der Waals surface area (Å²) in [5.41, 5.74) is -1.96. The van der Waals surface area contributed by atoms with Crippen LogP contribution in [0.5, 0.6) is 11.5 Å². The lowest BCUT2D eigenvalue weighted by molar-refractivity contribution is -0.206. The molecule has 2 aromatic rings. The van der Waals surface area contributed by atoms with Gasteiger partial charge in [-0.15, -0.1) is 0 Å². The molecule has 0 spiro atoms. The standard InChI is InChI=1S/C30H40F4O4/c1-8-9-10-11-18-16-36-27(37-17-18)19-12-23(31)25(24(32)13-19)30(33,34)38-20-14-21(28(2,3)4)26(35)22(15-20)29(5,6)7/h12-15,18,27,35H,8-11,16-17H2,1-7H3. The fraction of sp³-hybridized carbons (Fsp3) is 0.600. The number of hydrogen-bond donors (Lipinski definition) is 1. The van der Waals surface area contributed by atoms with E-state index in [1.165, 1.54) is 12.1 Å². The van der Waals surface area contributed by atoms with Crippen molar-refractivity contribution in [3.05, 3.63) is 58.2 Å². The lowest BCUT2D eigenvalue weighted by atomic mass is 9.79. The predicted octanol–water partition coefficient (Wildman–Crippen LogP) is 8.64. The zero-order chi connectivity index (χ0) is 28.5. The van der Waals surface area contributed by atoms with Crippen LogP contribution in [0.15, 0.2) is 24.3 Å². The van der Waals surface area contributed by atoms with Crippen LogP contribution < -0.4 is 4.74 Å². The van der Waals surface area contributed by atoms with E-state index in [9.17, 15) is 13.9 Å². The third-order valence-electron chi connectivity index (χ3n) is 6.76. The summed E-state index contributed by atoms with van der Waals surface area (Å²) in [6, 6.07) is 4.16. The van der Waals surface area contributed by atoms with Crippen LogP contribution in [0.4, 0.5) is 17.6 Å². The first-order chi connectivity index (χ1) is 17.5. The molecule has 1 aliphatic heterocycles. The number of phenolic OH excluding ortho intramolecular Hbond substituents is 1. The van der Waals surface area contributed by atoms with E-state index < -0.39 is 40.4 Å². The second-order valence-electron chi connectivity index (χ2n) is 12.2. The first-order valence-corrected chi connectivity index (χ1v) is 13.2. The van der Waals surface area contributed by atoms with Gasteiger partial charge < -0.3 is 19.3 Å². The Bertz CT molecular complexity index is 1050. The normalized spacial score (nSPS) is 19.0. The van der Waals surface area contributed by atoms with Crippen molar-refractivity contribution in [2.45, 2.75) is 97.4 Å². The topological polar surface area (TPSA) is 47.9 Å². The summed E-state index contributed by atoms with van der Waals surface area (Å²) >= 11 is 0. The zero-order valence-corrected chi connectivity index (χ0v) is 23.4. The van der Waals surface area contributed by atoms with Crippen molar-refractivity contribution < 1.29 is 36.9 Å². The highest BCUT2D eigenvalue weighted by molar-refractivity contribution is 5.52. The van der Waals surface area contributed by atoms with Crippen molar-refractivity contribution in [2.24, 2.45) is 5.92 Å². The maximum atomic E-state index is 15.3. The Kier molecular flexibility index (Phi) is 9.09. The van der Waals surface area contributed by atoms with Crippen molar-refractivity contribution >= 4 is 0 Å². The number of ether oxygens (including phenoxy) is 3. The lowest BCUT2D eigenvalue weighted by Crippen LogP contribution is -2.29. The van der Waals surface area contributed by atoms with Crippen molar-refractivity contribution in [3.63, 3.8) is 0 Å². The third-order valence-corrected chi connectivity index (χ3v) is 6.76. The fourth-order valence-corrected chi connectivity index (χ4v) is 4.60. The van der Waals surface area contributed by atoms with Crippen LogP contribution in [0.1, 0.15) is 103 Å². The minimum Gasteiger partial charge on any atom is -0.507 e. The number of unbranched alkanes of at least 4 members (excludes halogenated alkanes) is 2. The van der Waals surface area contributed by atoms with Gasteiger partial charge in [0, 0.05) is 22.6 Å². The molecule has 1 N–H and O–H groups in total. The lowest BCUT2D eigenvalue weighted by Gasteiger charge is -2.30. The Morgan fingerprint density at radius 1 is 0.868 bits per heavy atom. The van der Waals surface area contributed by atoms with Crippen LogP contribution in [-0.4, -0.2) is 18.3 Å². The molecule has 1 aliphatic rings. The van der Waals surface area contributed by atoms with E-state index >= 15 is 8.78 Å². The Morgan fingerprint density at radius 3 is 1.82 bits per heavy atom. The van der Waals surface area contributed by atoms with Crippen molar-refractivity contribution in [3.8, 4) is 11.5 Å². The SMILES string of the molecule is CCCCCC1COC(c2cc(F)c(C(F)(F)Oc3cc(C(C)(C)C)c(O)c(C(C)(C)C)c3)c(F)c2)OC1. The molecule has 2 aromatic carbocycles. The number of phenols is 1. The third kappa shape index (κ3) is 7.00. The maximum absolute atomic E-state index is 15.3. The predicted molar refractivity (Wildman–Crippen MR) is 139 cm³/mol. The molecule has 0 bridgehead atoms. The number of rotatable bonds is 8. The Labute approximate surface area is 223 Å². The molecule has 0 amide bonds. The van der Waals surface area contributed by atoms with E-state index in [0.29, 0.717) is 24.3 Å². The Hall–Kier alpha value is -2.32. The van der Waals surface area contributed by atoms with Gasteiger partial charge in [-0.05, 0) is 41.5 Å². The van der Waals surface area contributed by atoms with Gasteiger partial charge in [0.25, 0.3) is 0 Å². The van der Waals surface area contributed by atoms with Gasteiger partial charge in [0.15, 0.2) is 6.29 Å². The van der Waals surface area contributed by atoms with E-state index in [0.717, 1.165) is 37.8 Å². The van der Waals surface area contributed by atoms with E-state index in [4.69, 9.17) is 14.2 Å². The zero-order valence-electron chi connectivity index (χ0n) is 23.4. The fourth-order valence-electron chi connectivity index (χ4n) is 4.60. The first-order valence-electron chi connectivity index (χ1n) is 13.2. The van der Waals surface area contributed by atoms with Gasteiger partial charge in [-0.25, -0.2) is 8.78 Å². The molecule has 0 aliphatic carbocycles. The summed E-state index contributed by atoms with van der Waals surface area (Å²) in [5, 5.41) is 10.8. The highest BCUT2D eigenvalue weighted by Gasteiger charge is 2.42. The van der Waals surface area contributed by atoms with Crippen molar-refractivity contribution in [1.29, 1.82) is 0 Å². The minimum absolute atomic E-state index is 0.0128. The highest BCUT2D eigenvalue weighted by atomic mass is 19.3. The smallest absolute Gasteiger partial charge is 0.432 e. The van der Waals surface area contributed by atoms with E-state index in [-0.39, 0.29) is 23.0 Å². The highest BCUT2D eigenvalue weighted by Crippen LogP contribution is 2.44. The summed E-state index contributed by atoms with van der Waals surface area (Å²) in [6.07, 6.45) is -1.19. The molecule has 4 nitrogen and oxygen atoms in total. The van der Waals surface area contributed by atoms with Gasteiger partial charge in [-0.1, -0.05) is 67.7 Å². The minimum atomic E-state index is -4.33. The molecule has 1 saturated heterocycles. The second kappa shape index (κ2) is 11.4.